The van der Waals surface area contributed by atoms with E-state index in [1.807, 2.05) is 32.9 Å². The molecular weight excluding hydrogens is 336 g/mol. The highest BCUT2D eigenvalue weighted by atomic mass is 16.6. The maximum atomic E-state index is 12.3. The van der Waals surface area contributed by atoms with Crippen LogP contribution in [0.3, 0.4) is 0 Å². The van der Waals surface area contributed by atoms with Crippen molar-refractivity contribution in [3.63, 3.8) is 0 Å². The van der Waals surface area contributed by atoms with Crippen LogP contribution < -0.4 is 5.32 Å². The summed E-state index contributed by atoms with van der Waals surface area (Å²) in [5.41, 5.74) is 2.12. The second-order valence-electron chi connectivity index (χ2n) is 8.36. The summed E-state index contributed by atoms with van der Waals surface area (Å²) in [6.45, 7) is 9.60. The molecule has 1 amide bonds. The van der Waals surface area contributed by atoms with Gasteiger partial charge in [0, 0.05) is 31.1 Å². The van der Waals surface area contributed by atoms with Crippen molar-refractivity contribution < 1.29 is 9.53 Å². The largest absolute Gasteiger partial charge is 0.444 e. The fourth-order valence-corrected chi connectivity index (χ4v) is 3.83. The SMILES string of the molecule is C[C@@H](NC(=O)OC(C)(C)C)[C@@H]1[C@H](c2ccccc2)CN1Cc1ccccc1. The van der Waals surface area contributed by atoms with Crippen LogP contribution in [0.1, 0.15) is 44.7 Å². The van der Waals surface area contributed by atoms with E-state index in [9.17, 15) is 4.79 Å². The molecule has 3 atom stereocenters. The Labute approximate surface area is 162 Å². The maximum Gasteiger partial charge on any atom is 0.407 e. The number of benzene rings is 2. The van der Waals surface area contributed by atoms with Crippen LogP contribution in [-0.2, 0) is 11.3 Å². The molecule has 0 aromatic heterocycles. The number of nitrogens with one attached hydrogen (secondary N) is 1. The van der Waals surface area contributed by atoms with Gasteiger partial charge in [-0.15, -0.1) is 0 Å². The number of carbonyl (C=O) groups excluding carboxylic acids is 1. The van der Waals surface area contributed by atoms with Gasteiger partial charge in [0.25, 0.3) is 0 Å². The lowest BCUT2D eigenvalue weighted by Crippen LogP contribution is -2.62. The Morgan fingerprint density at radius 1 is 1.11 bits per heavy atom. The van der Waals surface area contributed by atoms with Crippen LogP contribution in [0.25, 0.3) is 0 Å². The minimum atomic E-state index is -0.494. The number of rotatable bonds is 5. The summed E-state index contributed by atoms with van der Waals surface area (Å²) in [7, 11) is 0. The number of likely N-dealkylation sites (tertiary alicyclic amines) is 1. The fraction of sp³-hybridized carbons (Fsp3) is 0.435. The van der Waals surface area contributed by atoms with Crippen LogP contribution in [-0.4, -0.2) is 35.2 Å². The van der Waals surface area contributed by atoms with Crippen LogP contribution in [0.5, 0.6) is 0 Å². The van der Waals surface area contributed by atoms with E-state index in [4.69, 9.17) is 4.74 Å². The third-order valence-electron chi connectivity index (χ3n) is 4.98. The molecule has 0 bridgehead atoms. The molecule has 0 spiro atoms. The number of nitrogens with zero attached hydrogens (tertiary/aromatic N) is 1. The molecule has 1 aliphatic rings. The number of alkyl carbamates (subject to hydrolysis) is 1. The standard InChI is InChI=1S/C23H30N2O2/c1-17(24-22(26)27-23(2,3)4)21-20(19-13-9-6-10-14-19)16-25(21)15-18-11-7-5-8-12-18/h5-14,17,20-21H,15-16H2,1-4H3,(H,24,26)/t17-,20+,21-/m1/s1. The lowest BCUT2D eigenvalue weighted by Gasteiger charge is -2.51. The first-order valence-corrected chi connectivity index (χ1v) is 9.66. The second-order valence-corrected chi connectivity index (χ2v) is 8.36. The smallest absolute Gasteiger partial charge is 0.407 e. The Hall–Kier alpha value is -2.33. The molecule has 1 saturated heterocycles. The summed E-state index contributed by atoms with van der Waals surface area (Å²) < 4.78 is 5.45. The van der Waals surface area contributed by atoms with Crippen molar-refractivity contribution >= 4 is 6.09 Å². The minimum Gasteiger partial charge on any atom is -0.444 e. The van der Waals surface area contributed by atoms with Crippen molar-refractivity contribution in [2.45, 2.75) is 57.8 Å². The Balaban J connectivity index is 1.72. The van der Waals surface area contributed by atoms with E-state index < -0.39 is 5.60 Å². The summed E-state index contributed by atoms with van der Waals surface area (Å²) in [4.78, 5) is 14.7. The van der Waals surface area contributed by atoms with Gasteiger partial charge in [-0.05, 0) is 38.8 Å². The van der Waals surface area contributed by atoms with Crippen molar-refractivity contribution in [2.75, 3.05) is 6.54 Å². The molecule has 3 rings (SSSR count). The molecule has 144 valence electrons. The summed E-state index contributed by atoms with van der Waals surface area (Å²) in [5.74, 6) is 0.403. The molecule has 2 aromatic carbocycles. The minimum absolute atomic E-state index is 0.0116. The van der Waals surface area contributed by atoms with Crippen molar-refractivity contribution in [1.82, 2.24) is 10.2 Å². The van der Waals surface area contributed by atoms with E-state index in [2.05, 4.69) is 65.7 Å². The first-order valence-electron chi connectivity index (χ1n) is 9.66. The van der Waals surface area contributed by atoms with Gasteiger partial charge in [0.15, 0.2) is 0 Å². The summed E-state index contributed by atoms with van der Waals surface area (Å²) in [6, 6.07) is 21.3. The molecule has 4 nitrogen and oxygen atoms in total. The first-order chi connectivity index (χ1) is 12.8. The molecule has 0 saturated carbocycles. The zero-order chi connectivity index (χ0) is 19.4. The quantitative estimate of drug-likeness (QED) is 0.843. The fourth-order valence-electron chi connectivity index (χ4n) is 3.83. The van der Waals surface area contributed by atoms with E-state index >= 15 is 0 Å². The van der Waals surface area contributed by atoms with E-state index in [-0.39, 0.29) is 18.2 Å². The van der Waals surface area contributed by atoms with Crippen molar-refractivity contribution in [1.29, 1.82) is 0 Å². The van der Waals surface area contributed by atoms with Crippen LogP contribution in [0.4, 0.5) is 4.79 Å². The van der Waals surface area contributed by atoms with Crippen molar-refractivity contribution in [3.05, 3.63) is 71.8 Å². The van der Waals surface area contributed by atoms with Gasteiger partial charge in [-0.3, -0.25) is 4.90 Å². The molecule has 0 unspecified atom stereocenters. The van der Waals surface area contributed by atoms with E-state index in [1.54, 1.807) is 0 Å². The van der Waals surface area contributed by atoms with Gasteiger partial charge < -0.3 is 10.1 Å². The highest BCUT2D eigenvalue weighted by Crippen LogP contribution is 2.37. The van der Waals surface area contributed by atoms with Gasteiger partial charge >= 0.3 is 6.09 Å². The van der Waals surface area contributed by atoms with Gasteiger partial charge in [-0.1, -0.05) is 60.7 Å². The van der Waals surface area contributed by atoms with Crippen LogP contribution in [0.15, 0.2) is 60.7 Å². The van der Waals surface area contributed by atoms with E-state index in [1.165, 1.54) is 11.1 Å². The van der Waals surface area contributed by atoms with Gasteiger partial charge in [-0.25, -0.2) is 4.79 Å². The molecule has 1 fully saturated rings. The zero-order valence-electron chi connectivity index (χ0n) is 16.7. The third-order valence-corrected chi connectivity index (χ3v) is 4.98. The normalized spacial score (nSPS) is 21.2. The number of hydrogen-bond donors (Lipinski definition) is 1. The van der Waals surface area contributed by atoms with Gasteiger partial charge in [0.05, 0.1) is 0 Å². The monoisotopic (exact) mass is 366 g/mol. The van der Waals surface area contributed by atoms with Gasteiger partial charge in [-0.2, -0.15) is 0 Å². The average molecular weight is 367 g/mol. The number of amides is 1. The third kappa shape index (κ3) is 5.10. The predicted octanol–water partition coefficient (Wildman–Crippen LogP) is 4.57. The van der Waals surface area contributed by atoms with E-state index in [0.29, 0.717) is 5.92 Å². The lowest BCUT2D eigenvalue weighted by molar-refractivity contribution is 0.0157. The summed E-state index contributed by atoms with van der Waals surface area (Å²) in [5, 5.41) is 3.05. The molecular formula is C23H30N2O2. The highest BCUT2D eigenvalue weighted by Gasteiger charge is 2.43. The average Bonchev–Trinajstić information content (AvgIpc) is 2.58. The summed E-state index contributed by atoms with van der Waals surface area (Å²) in [6.07, 6.45) is -0.353. The molecule has 4 heteroatoms. The number of ether oxygens (including phenoxy) is 1. The van der Waals surface area contributed by atoms with Crippen molar-refractivity contribution in [2.24, 2.45) is 0 Å². The van der Waals surface area contributed by atoms with Crippen LogP contribution >= 0.6 is 0 Å². The molecule has 1 aliphatic heterocycles. The summed E-state index contributed by atoms with van der Waals surface area (Å²) >= 11 is 0. The first kappa shape index (κ1) is 19.4. The van der Waals surface area contributed by atoms with Crippen molar-refractivity contribution in [3.8, 4) is 0 Å². The topological polar surface area (TPSA) is 41.6 Å². The Morgan fingerprint density at radius 2 is 1.70 bits per heavy atom. The predicted molar refractivity (Wildman–Crippen MR) is 109 cm³/mol. The molecule has 2 aromatic rings. The van der Waals surface area contributed by atoms with E-state index in [0.717, 1.165) is 13.1 Å². The molecule has 0 radical (unpaired) electrons. The molecule has 27 heavy (non-hydrogen) atoms. The van der Waals surface area contributed by atoms with Crippen LogP contribution in [0, 0.1) is 0 Å². The lowest BCUT2D eigenvalue weighted by atomic mass is 9.78. The van der Waals surface area contributed by atoms with Crippen LogP contribution in [0.2, 0.25) is 0 Å². The number of hydrogen-bond acceptors (Lipinski definition) is 3. The Kier molecular flexibility index (Phi) is 5.85. The molecule has 1 N–H and O–H groups in total. The molecule has 1 heterocycles. The maximum absolute atomic E-state index is 12.3. The zero-order valence-corrected chi connectivity index (χ0v) is 16.7. The molecule has 0 aliphatic carbocycles. The highest BCUT2D eigenvalue weighted by molar-refractivity contribution is 5.68. The Morgan fingerprint density at radius 3 is 2.30 bits per heavy atom. The Bertz CT molecular complexity index is 740. The van der Waals surface area contributed by atoms with Gasteiger partial charge in [0.2, 0.25) is 0 Å². The second kappa shape index (κ2) is 8.13. The number of carbonyl (C=O) groups is 1. The van der Waals surface area contributed by atoms with Gasteiger partial charge in [0.1, 0.15) is 5.60 Å².